The molecule has 0 aliphatic heterocycles. The zero-order chi connectivity index (χ0) is 15.5. The van der Waals surface area contributed by atoms with E-state index in [-0.39, 0.29) is 5.56 Å². The molecule has 22 heavy (non-hydrogen) atoms. The molecular weight excluding hydrogens is 306 g/mol. The van der Waals surface area contributed by atoms with Crippen LogP contribution in [0, 0.1) is 11.6 Å². The summed E-state index contributed by atoms with van der Waals surface area (Å²) in [7, 11) is 0. The summed E-state index contributed by atoms with van der Waals surface area (Å²) in [6.45, 7) is 0. The lowest BCUT2D eigenvalue weighted by molar-refractivity contribution is 0.102. The van der Waals surface area contributed by atoms with Crippen molar-refractivity contribution in [2.24, 2.45) is 0 Å². The first-order valence-corrected chi connectivity index (χ1v) is 7.23. The number of halogens is 2. The summed E-state index contributed by atoms with van der Waals surface area (Å²) in [6.07, 6.45) is 1.62. The summed E-state index contributed by atoms with van der Waals surface area (Å²) in [6, 6.07) is 12.3. The first-order chi connectivity index (χ1) is 10.6. The van der Waals surface area contributed by atoms with Crippen molar-refractivity contribution in [3.63, 3.8) is 0 Å². The summed E-state index contributed by atoms with van der Waals surface area (Å²) in [5.41, 5.74) is 0.619. The Balaban J connectivity index is 1.81. The molecule has 0 atom stereocenters. The molecule has 1 heterocycles. The standard InChI is InChI=1S/C16H10F2N2OS/c17-11-6-7-13(18)12(8-11)15(21)20-16-19-9-14(22-16)10-4-2-1-3-5-10/h1-9H,(H,19,20,21). The minimum Gasteiger partial charge on any atom is -0.298 e. The molecule has 110 valence electrons. The van der Waals surface area contributed by atoms with Crippen molar-refractivity contribution in [3.05, 3.63) is 71.9 Å². The highest BCUT2D eigenvalue weighted by Gasteiger charge is 2.15. The maximum atomic E-state index is 13.5. The fourth-order valence-electron chi connectivity index (χ4n) is 1.90. The third-order valence-corrected chi connectivity index (χ3v) is 3.92. The Kier molecular flexibility index (Phi) is 3.93. The molecule has 1 amide bonds. The molecule has 0 unspecified atom stereocenters. The maximum Gasteiger partial charge on any atom is 0.260 e. The zero-order valence-electron chi connectivity index (χ0n) is 11.2. The van der Waals surface area contributed by atoms with Crippen LogP contribution in [-0.2, 0) is 0 Å². The first-order valence-electron chi connectivity index (χ1n) is 6.41. The van der Waals surface area contributed by atoms with Gasteiger partial charge in [-0.15, -0.1) is 0 Å². The summed E-state index contributed by atoms with van der Waals surface area (Å²) < 4.78 is 26.7. The van der Waals surface area contributed by atoms with E-state index in [0.717, 1.165) is 28.6 Å². The largest absolute Gasteiger partial charge is 0.298 e. The number of thiazole rings is 1. The number of carbonyl (C=O) groups excluding carboxylic acids is 1. The Morgan fingerprint density at radius 1 is 1.09 bits per heavy atom. The Bertz CT molecular complexity index is 818. The zero-order valence-corrected chi connectivity index (χ0v) is 12.0. The SMILES string of the molecule is O=C(Nc1ncc(-c2ccccc2)s1)c1cc(F)ccc1F. The number of aromatic nitrogens is 1. The highest BCUT2D eigenvalue weighted by molar-refractivity contribution is 7.19. The van der Waals surface area contributed by atoms with Gasteiger partial charge in [0.2, 0.25) is 0 Å². The summed E-state index contributed by atoms with van der Waals surface area (Å²) in [4.78, 5) is 16.9. The molecule has 2 aromatic carbocycles. The van der Waals surface area contributed by atoms with Gasteiger partial charge in [-0.1, -0.05) is 41.7 Å². The molecule has 0 bridgehead atoms. The van der Waals surface area contributed by atoms with Gasteiger partial charge in [-0.05, 0) is 23.8 Å². The summed E-state index contributed by atoms with van der Waals surface area (Å²) >= 11 is 1.26. The molecule has 0 fully saturated rings. The van der Waals surface area contributed by atoms with Crippen LogP contribution in [-0.4, -0.2) is 10.9 Å². The molecular formula is C16H10F2N2OS. The van der Waals surface area contributed by atoms with E-state index in [1.165, 1.54) is 11.3 Å². The van der Waals surface area contributed by atoms with Crippen LogP contribution in [0.4, 0.5) is 13.9 Å². The van der Waals surface area contributed by atoms with E-state index in [0.29, 0.717) is 5.13 Å². The highest BCUT2D eigenvalue weighted by atomic mass is 32.1. The van der Waals surface area contributed by atoms with Crippen molar-refractivity contribution in [2.45, 2.75) is 0 Å². The Labute approximate surface area is 129 Å². The van der Waals surface area contributed by atoms with Gasteiger partial charge in [-0.3, -0.25) is 10.1 Å². The van der Waals surface area contributed by atoms with Crippen molar-refractivity contribution in [3.8, 4) is 10.4 Å². The van der Waals surface area contributed by atoms with Crippen LogP contribution >= 0.6 is 11.3 Å². The lowest BCUT2D eigenvalue weighted by Crippen LogP contribution is -2.13. The molecule has 0 spiro atoms. The van der Waals surface area contributed by atoms with Crippen molar-refractivity contribution in [2.75, 3.05) is 5.32 Å². The van der Waals surface area contributed by atoms with Crippen LogP contribution in [0.5, 0.6) is 0 Å². The number of nitrogens with one attached hydrogen (secondary N) is 1. The Morgan fingerprint density at radius 2 is 1.86 bits per heavy atom. The molecule has 3 aromatic rings. The Morgan fingerprint density at radius 3 is 2.64 bits per heavy atom. The second-order valence-corrected chi connectivity index (χ2v) is 5.50. The summed E-state index contributed by atoms with van der Waals surface area (Å²) in [5, 5.41) is 2.80. The third-order valence-electron chi connectivity index (χ3n) is 2.96. The Hall–Kier alpha value is -2.60. The van der Waals surface area contributed by atoms with Crippen molar-refractivity contribution in [1.82, 2.24) is 4.98 Å². The molecule has 0 aliphatic carbocycles. The van der Waals surface area contributed by atoms with Gasteiger partial charge < -0.3 is 0 Å². The fraction of sp³-hybridized carbons (Fsp3) is 0. The average molecular weight is 316 g/mol. The summed E-state index contributed by atoms with van der Waals surface area (Å²) in [5.74, 6) is -2.18. The topological polar surface area (TPSA) is 42.0 Å². The second kappa shape index (κ2) is 6.03. The molecule has 0 saturated carbocycles. The van der Waals surface area contributed by atoms with Gasteiger partial charge in [0, 0.05) is 6.20 Å². The van der Waals surface area contributed by atoms with Gasteiger partial charge in [0.25, 0.3) is 5.91 Å². The van der Waals surface area contributed by atoms with Crippen LogP contribution in [0.3, 0.4) is 0 Å². The molecule has 3 rings (SSSR count). The van der Waals surface area contributed by atoms with Crippen LogP contribution in [0.15, 0.2) is 54.7 Å². The molecule has 6 heteroatoms. The third kappa shape index (κ3) is 3.01. The molecule has 0 saturated heterocycles. The lowest BCUT2D eigenvalue weighted by atomic mass is 10.2. The van der Waals surface area contributed by atoms with Gasteiger partial charge in [-0.25, -0.2) is 13.8 Å². The second-order valence-electron chi connectivity index (χ2n) is 4.47. The van der Waals surface area contributed by atoms with Gasteiger partial charge >= 0.3 is 0 Å². The molecule has 1 N–H and O–H groups in total. The van der Waals surface area contributed by atoms with E-state index in [1.54, 1.807) is 6.20 Å². The number of hydrogen-bond acceptors (Lipinski definition) is 3. The smallest absolute Gasteiger partial charge is 0.260 e. The number of anilines is 1. The maximum absolute atomic E-state index is 13.5. The van der Waals surface area contributed by atoms with Gasteiger partial charge in [0.05, 0.1) is 10.4 Å². The van der Waals surface area contributed by atoms with E-state index in [1.807, 2.05) is 30.3 Å². The number of carbonyl (C=O) groups is 1. The van der Waals surface area contributed by atoms with Crippen molar-refractivity contribution < 1.29 is 13.6 Å². The normalized spacial score (nSPS) is 10.5. The number of hydrogen-bond donors (Lipinski definition) is 1. The monoisotopic (exact) mass is 316 g/mol. The van der Waals surface area contributed by atoms with E-state index < -0.39 is 17.5 Å². The predicted molar refractivity (Wildman–Crippen MR) is 81.9 cm³/mol. The molecule has 3 nitrogen and oxygen atoms in total. The van der Waals surface area contributed by atoms with E-state index in [4.69, 9.17) is 0 Å². The van der Waals surface area contributed by atoms with Gasteiger partial charge in [0.15, 0.2) is 5.13 Å². The fourth-order valence-corrected chi connectivity index (χ4v) is 2.72. The minimum atomic E-state index is -0.779. The molecule has 0 aliphatic rings. The quantitative estimate of drug-likeness (QED) is 0.781. The molecule has 1 aromatic heterocycles. The number of amides is 1. The van der Waals surface area contributed by atoms with Crippen molar-refractivity contribution in [1.29, 1.82) is 0 Å². The van der Waals surface area contributed by atoms with Crippen LogP contribution in [0.2, 0.25) is 0 Å². The highest BCUT2D eigenvalue weighted by Crippen LogP contribution is 2.29. The predicted octanol–water partition coefficient (Wildman–Crippen LogP) is 4.34. The average Bonchev–Trinajstić information content (AvgIpc) is 2.99. The van der Waals surface area contributed by atoms with E-state index >= 15 is 0 Å². The van der Waals surface area contributed by atoms with Crippen molar-refractivity contribution >= 4 is 22.4 Å². The van der Waals surface area contributed by atoms with Crippen LogP contribution in [0.1, 0.15) is 10.4 Å². The van der Waals surface area contributed by atoms with E-state index in [9.17, 15) is 13.6 Å². The van der Waals surface area contributed by atoms with Gasteiger partial charge in [0.1, 0.15) is 11.6 Å². The number of nitrogens with zero attached hydrogens (tertiary/aromatic N) is 1. The van der Waals surface area contributed by atoms with Crippen LogP contribution in [0.25, 0.3) is 10.4 Å². The first kappa shape index (κ1) is 14.3. The van der Waals surface area contributed by atoms with Crippen LogP contribution < -0.4 is 5.32 Å². The number of rotatable bonds is 3. The minimum absolute atomic E-state index is 0.326. The van der Waals surface area contributed by atoms with Gasteiger partial charge in [-0.2, -0.15) is 0 Å². The lowest BCUT2D eigenvalue weighted by Gasteiger charge is -2.03. The number of benzene rings is 2. The molecule has 0 radical (unpaired) electrons. The van der Waals surface area contributed by atoms with E-state index in [2.05, 4.69) is 10.3 Å².